The summed E-state index contributed by atoms with van der Waals surface area (Å²) in [7, 11) is 0. The van der Waals surface area contributed by atoms with Crippen LogP contribution in [0.15, 0.2) is 24.3 Å². The summed E-state index contributed by atoms with van der Waals surface area (Å²) >= 11 is 0. The number of nitrogens with one attached hydrogen (secondary N) is 1. The van der Waals surface area contributed by atoms with Crippen molar-refractivity contribution in [3.05, 3.63) is 29.8 Å². The molecule has 0 radical (unpaired) electrons. The molecule has 1 saturated heterocycles. The van der Waals surface area contributed by atoms with E-state index in [-0.39, 0.29) is 5.69 Å². The average molecular weight is 298 g/mol. The van der Waals surface area contributed by atoms with Crippen LogP contribution in [0.5, 0.6) is 0 Å². The summed E-state index contributed by atoms with van der Waals surface area (Å²) in [6.45, 7) is 0. The van der Waals surface area contributed by atoms with E-state index < -0.39 is 35.0 Å². The lowest BCUT2D eigenvalue weighted by atomic mass is 10.0. The largest absolute Gasteiger partial charge is 0.416 e. The number of barbiturate groups is 1. The Kier molecular flexibility index (Phi) is 2.63. The molecule has 0 atom stereocenters. The van der Waals surface area contributed by atoms with Crippen LogP contribution in [0.4, 0.5) is 23.7 Å². The van der Waals surface area contributed by atoms with Crippen LogP contribution in [0, 0.1) is 5.41 Å². The predicted molar refractivity (Wildman–Crippen MR) is 64.1 cm³/mol. The van der Waals surface area contributed by atoms with E-state index in [2.05, 4.69) is 0 Å². The molecule has 110 valence electrons. The first kappa shape index (κ1) is 13.6. The highest BCUT2D eigenvalue weighted by Crippen LogP contribution is 2.49. The number of halogens is 3. The number of rotatable bonds is 1. The van der Waals surface area contributed by atoms with Crippen molar-refractivity contribution < 1.29 is 27.6 Å². The topological polar surface area (TPSA) is 66.5 Å². The molecule has 0 bridgehead atoms. The Labute approximate surface area is 116 Å². The summed E-state index contributed by atoms with van der Waals surface area (Å²) in [6, 6.07) is 2.85. The highest BCUT2D eigenvalue weighted by Gasteiger charge is 2.62. The summed E-state index contributed by atoms with van der Waals surface area (Å²) in [5.74, 6) is -1.45. The van der Waals surface area contributed by atoms with Crippen LogP contribution < -0.4 is 10.2 Å². The summed E-state index contributed by atoms with van der Waals surface area (Å²) in [6.07, 6.45) is -4.00. The number of urea groups is 1. The second-order valence-corrected chi connectivity index (χ2v) is 5.03. The quantitative estimate of drug-likeness (QED) is 0.807. The normalized spacial score (nSPS) is 20.7. The Morgan fingerprint density at radius 3 is 2.38 bits per heavy atom. The zero-order valence-electron chi connectivity index (χ0n) is 10.5. The van der Waals surface area contributed by atoms with E-state index in [4.69, 9.17) is 0 Å². The van der Waals surface area contributed by atoms with Gasteiger partial charge >= 0.3 is 12.2 Å². The molecule has 1 aliphatic carbocycles. The van der Waals surface area contributed by atoms with Crippen LogP contribution in [-0.4, -0.2) is 17.8 Å². The first-order valence-corrected chi connectivity index (χ1v) is 6.13. The molecule has 0 unspecified atom stereocenters. The van der Waals surface area contributed by atoms with Crippen molar-refractivity contribution in [1.82, 2.24) is 5.32 Å². The van der Waals surface area contributed by atoms with E-state index in [0.29, 0.717) is 23.8 Å². The van der Waals surface area contributed by atoms with Crippen molar-refractivity contribution in [1.29, 1.82) is 0 Å². The Morgan fingerprint density at radius 1 is 1.14 bits per heavy atom. The summed E-state index contributed by atoms with van der Waals surface area (Å²) < 4.78 is 38.1. The van der Waals surface area contributed by atoms with Gasteiger partial charge < -0.3 is 0 Å². The number of alkyl halides is 3. The van der Waals surface area contributed by atoms with E-state index in [1.54, 1.807) is 0 Å². The first-order valence-electron chi connectivity index (χ1n) is 6.13. The molecule has 1 N–H and O–H groups in total. The van der Waals surface area contributed by atoms with Crippen molar-refractivity contribution in [2.75, 3.05) is 4.90 Å². The van der Waals surface area contributed by atoms with Crippen LogP contribution in [0.3, 0.4) is 0 Å². The molecule has 1 heterocycles. The molecule has 5 nitrogen and oxygen atoms in total. The van der Waals surface area contributed by atoms with Gasteiger partial charge in [-0.15, -0.1) is 0 Å². The van der Waals surface area contributed by atoms with E-state index in [1.165, 1.54) is 6.07 Å². The number of hydrogen-bond donors (Lipinski definition) is 1. The SMILES string of the molecule is O=C1NC(=O)C2(CC2)C(=O)N1c1cccc(C(F)(F)F)c1. The van der Waals surface area contributed by atoms with Crippen molar-refractivity contribution in [3.8, 4) is 0 Å². The fourth-order valence-corrected chi connectivity index (χ4v) is 2.30. The minimum absolute atomic E-state index is 0.203. The maximum atomic E-state index is 12.7. The third kappa shape index (κ3) is 1.98. The van der Waals surface area contributed by atoms with Crippen molar-refractivity contribution in [2.24, 2.45) is 5.41 Å². The lowest BCUT2D eigenvalue weighted by Gasteiger charge is -2.30. The molecule has 21 heavy (non-hydrogen) atoms. The second kappa shape index (κ2) is 4.06. The van der Waals surface area contributed by atoms with Crippen LogP contribution in [0.25, 0.3) is 0 Å². The zero-order valence-corrected chi connectivity index (χ0v) is 10.5. The van der Waals surface area contributed by atoms with Gasteiger partial charge in [0.25, 0.3) is 5.91 Å². The smallest absolute Gasteiger partial charge is 0.276 e. The Balaban J connectivity index is 2.02. The third-order valence-corrected chi connectivity index (χ3v) is 3.65. The Bertz CT molecular complexity index is 665. The molecule has 8 heteroatoms. The number of benzene rings is 1. The second-order valence-electron chi connectivity index (χ2n) is 5.03. The molecule has 1 aromatic carbocycles. The van der Waals surface area contributed by atoms with Gasteiger partial charge in [-0.3, -0.25) is 14.9 Å². The van der Waals surface area contributed by atoms with Gasteiger partial charge in [0.05, 0.1) is 11.3 Å². The van der Waals surface area contributed by atoms with Gasteiger partial charge in [-0.2, -0.15) is 13.2 Å². The zero-order chi connectivity index (χ0) is 15.4. The van der Waals surface area contributed by atoms with Gasteiger partial charge in [0, 0.05) is 0 Å². The molecule has 4 amide bonds. The van der Waals surface area contributed by atoms with Crippen molar-refractivity contribution in [3.63, 3.8) is 0 Å². The highest BCUT2D eigenvalue weighted by atomic mass is 19.4. The minimum atomic E-state index is -4.58. The van der Waals surface area contributed by atoms with Gasteiger partial charge in [-0.05, 0) is 31.0 Å². The summed E-state index contributed by atoms with van der Waals surface area (Å²) in [5, 5.41) is 2.02. The molecular formula is C13H9F3N2O3. The molecule has 1 spiro atoms. The van der Waals surface area contributed by atoms with Crippen molar-refractivity contribution in [2.45, 2.75) is 19.0 Å². The van der Waals surface area contributed by atoms with E-state index >= 15 is 0 Å². The van der Waals surface area contributed by atoms with Gasteiger partial charge in [-0.25, -0.2) is 9.69 Å². The molecule has 1 aromatic rings. The standard InChI is InChI=1S/C13H9F3N2O3/c14-13(15,16)7-2-1-3-8(6-7)18-10(20)12(4-5-12)9(19)17-11(18)21/h1-3,6H,4-5H2,(H,17,19,21). The van der Waals surface area contributed by atoms with Crippen LogP contribution in [0.2, 0.25) is 0 Å². The van der Waals surface area contributed by atoms with E-state index in [9.17, 15) is 27.6 Å². The number of anilines is 1. The van der Waals surface area contributed by atoms with E-state index in [0.717, 1.165) is 12.1 Å². The van der Waals surface area contributed by atoms with Gasteiger partial charge in [0.2, 0.25) is 5.91 Å². The summed E-state index contributed by atoms with van der Waals surface area (Å²) in [4.78, 5) is 36.3. The molecule has 1 saturated carbocycles. The van der Waals surface area contributed by atoms with Gasteiger partial charge in [-0.1, -0.05) is 6.07 Å². The molecule has 3 rings (SSSR count). The van der Waals surface area contributed by atoms with Crippen molar-refractivity contribution >= 4 is 23.5 Å². The maximum absolute atomic E-state index is 12.7. The molecular weight excluding hydrogens is 289 g/mol. The third-order valence-electron chi connectivity index (χ3n) is 3.65. The first-order chi connectivity index (χ1) is 9.75. The van der Waals surface area contributed by atoms with Crippen LogP contribution in [-0.2, 0) is 15.8 Å². The van der Waals surface area contributed by atoms with Crippen LogP contribution >= 0.6 is 0 Å². The predicted octanol–water partition coefficient (Wildman–Crippen LogP) is 2.07. The van der Waals surface area contributed by atoms with Gasteiger partial charge in [0.1, 0.15) is 5.41 Å². The fraction of sp³-hybridized carbons (Fsp3) is 0.308. The Hall–Kier alpha value is -2.38. The Morgan fingerprint density at radius 2 is 1.81 bits per heavy atom. The highest BCUT2D eigenvalue weighted by molar-refractivity contribution is 6.31. The maximum Gasteiger partial charge on any atom is 0.416 e. The number of carbonyl (C=O) groups excluding carboxylic acids is 3. The minimum Gasteiger partial charge on any atom is -0.276 e. The average Bonchev–Trinajstić information content (AvgIpc) is 3.18. The van der Waals surface area contributed by atoms with Crippen LogP contribution in [0.1, 0.15) is 18.4 Å². The number of hydrogen-bond acceptors (Lipinski definition) is 3. The molecule has 0 aromatic heterocycles. The number of nitrogens with zero attached hydrogens (tertiary/aromatic N) is 1. The van der Waals surface area contributed by atoms with Gasteiger partial charge in [0.15, 0.2) is 0 Å². The fourth-order valence-electron chi connectivity index (χ4n) is 2.30. The van der Waals surface area contributed by atoms with E-state index in [1.807, 2.05) is 5.32 Å². The number of imide groups is 2. The monoisotopic (exact) mass is 298 g/mol. The molecule has 1 aliphatic heterocycles. The number of amides is 4. The molecule has 2 aliphatic rings. The lowest BCUT2D eigenvalue weighted by Crippen LogP contribution is -2.59. The molecule has 2 fully saturated rings. The number of carbonyl (C=O) groups is 3. The summed E-state index contributed by atoms with van der Waals surface area (Å²) in [5.41, 5.74) is -2.46. The lowest BCUT2D eigenvalue weighted by molar-refractivity contribution is -0.138.